The molecule has 0 saturated heterocycles. The number of rotatable bonds is 5. The number of benzene rings is 2. The molecule has 134 valence electrons. The molecule has 1 heterocycles. The van der Waals surface area contributed by atoms with Crippen molar-refractivity contribution in [2.24, 2.45) is 0 Å². The smallest absolute Gasteiger partial charge is 0.338 e. The average molecular weight is 376 g/mol. The summed E-state index contributed by atoms with van der Waals surface area (Å²) in [7, 11) is 0. The number of amides is 1. The van der Waals surface area contributed by atoms with Crippen LogP contribution in [0.15, 0.2) is 41.9 Å². The lowest BCUT2D eigenvalue weighted by molar-refractivity contribution is -0.124. The summed E-state index contributed by atoms with van der Waals surface area (Å²) < 4.78 is 32.5. The fraction of sp³-hybridized carbons (Fsp3) is 0.167. The third kappa shape index (κ3) is 4.02. The highest BCUT2D eigenvalue weighted by Crippen LogP contribution is 2.20. The first-order chi connectivity index (χ1) is 12.4. The van der Waals surface area contributed by atoms with Crippen molar-refractivity contribution in [3.63, 3.8) is 0 Å². The van der Waals surface area contributed by atoms with E-state index in [1.54, 1.807) is 30.6 Å². The Morgan fingerprint density at radius 3 is 2.81 bits per heavy atom. The second-order valence-corrected chi connectivity index (χ2v) is 6.45. The van der Waals surface area contributed by atoms with E-state index in [2.05, 4.69) is 10.3 Å². The number of thiazole rings is 1. The predicted molar refractivity (Wildman–Crippen MR) is 92.8 cm³/mol. The average Bonchev–Trinajstić information content (AvgIpc) is 3.07. The Labute approximate surface area is 151 Å². The van der Waals surface area contributed by atoms with E-state index >= 15 is 0 Å². The van der Waals surface area contributed by atoms with Crippen LogP contribution in [-0.4, -0.2) is 23.5 Å². The summed E-state index contributed by atoms with van der Waals surface area (Å²) in [4.78, 5) is 28.1. The Bertz CT molecular complexity index is 974. The summed E-state index contributed by atoms with van der Waals surface area (Å²) in [5.41, 5.74) is 2.90. The number of fused-ring (bicyclic) bond motifs is 1. The molecule has 1 atom stereocenters. The molecule has 3 aromatic rings. The van der Waals surface area contributed by atoms with Gasteiger partial charge in [0.1, 0.15) is 11.6 Å². The lowest BCUT2D eigenvalue weighted by Crippen LogP contribution is -2.31. The molecule has 3 rings (SSSR count). The largest absolute Gasteiger partial charge is 0.452 e. The topological polar surface area (TPSA) is 68.3 Å². The van der Waals surface area contributed by atoms with Gasteiger partial charge in [-0.1, -0.05) is 6.07 Å². The maximum atomic E-state index is 13.7. The maximum Gasteiger partial charge on any atom is 0.338 e. The van der Waals surface area contributed by atoms with E-state index in [0.29, 0.717) is 5.56 Å². The zero-order valence-electron chi connectivity index (χ0n) is 13.7. The van der Waals surface area contributed by atoms with Crippen LogP contribution in [0.25, 0.3) is 10.2 Å². The Hall–Kier alpha value is -2.87. The zero-order chi connectivity index (χ0) is 18.7. The highest BCUT2D eigenvalue weighted by atomic mass is 32.1. The molecule has 0 aliphatic carbocycles. The van der Waals surface area contributed by atoms with Gasteiger partial charge >= 0.3 is 5.97 Å². The molecule has 0 aliphatic rings. The molecule has 0 aliphatic heterocycles. The lowest BCUT2D eigenvalue weighted by atomic mass is 10.1. The fourth-order valence-corrected chi connectivity index (χ4v) is 3.13. The Morgan fingerprint density at radius 2 is 2.04 bits per heavy atom. The molecule has 1 N–H and O–H groups in total. The van der Waals surface area contributed by atoms with Crippen LogP contribution < -0.4 is 5.32 Å². The highest BCUT2D eigenvalue weighted by molar-refractivity contribution is 7.16. The number of aromatic nitrogens is 1. The van der Waals surface area contributed by atoms with Crippen molar-refractivity contribution in [2.45, 2.75) is 13.0 Å². The Balaban J connectivity index is 1.56. The number of hydrogen-bond donors (Lipinski definition) is 1. The number of esters is 1. The maximum absolute atomic E-state index is 13.7. The fourth-order valence-electron chi connectivity index (χ4n) is 2.41. The number of hydrogen-bond acceptors (Lipinski definition) is 5. The third-order valence-corrected chi connectivity index (χ3v) is 4.50. The monoisotopic (exact) mass is 376 g/mol. The standard InChI is InChI=1S/C18H14F2N2O3S/c1-10(13-4-3-12(19)7-14(13)20)22-17(23)8-25-18(24)11-2-5-15-16(6-11)26-9-21-15/h2-7,9-10H,8H2,1H3,(H,22,23)/t10-/m1/s1. The number of nitrogens with zero attached hydrogens (tertiary/aromatic N) is 1. The van der Waals surface area contributed by atoms with Gasteiger partial charge in [0, 0.05) is 11.6 Å². The molecular weight excluding hydrogens is 362 g/mol. The molecule has 0 unspecified atom stereocenters. The minimum Gasteiger partial charge on any atom is -0.452 e. The molecule has 0 radical (unpaired) electrons. The first kappa shape index (κ1) is 17.9. The molecule has 0 saturated carbocycles. The van der Waals surface area contributed by atoms with E-state index in [-0.39, 0.29) is 5.56 Å². The number of nitrogens with one attached hydrogen (secondary N) is 1. The van der Waals surface area contributed by atoms with Crippen molar-refractivity contribution >= 4 is 33.4 Å². The predicted octanol–water partition coefficient (Wildman–Crippen LogP) is 3.61. The molecule has 5 nitrogen and oxygen atoms in total. The minimum atomic E-state index is -0.757. The Morgan fingerprint density at radius 1 is 1.23 bits per heavy atom. The van der Waals surface area contributed by atoms with Gasteiger partial charge in [0.15, 0.2) is 6.61 Å². The molecular formula is C18H14F2N2O3S. The molecule has 2 aromatic carbocycles. The van der Waals surface area contributed by atoms with E-state index in [1.807, 2.05) is 0 Å². The van der Waals surface area contributed by atoms with Crippen LogP contribution in [0, 0.1) is 11.6 Å². The van der Waals surface area contributed by atoms with Gasteiger partial charge < -0.3 is 10.1 Å². The second kappa shape index (κ2) is 7.57. The third-order valence-electron chi connectivity index (χ3n) is 3.71. The molecule has 26 heavy (non-hydrogen) atoms. The van der Waals surface area contributed by atoms with Crippen LogP contribution in [0.2, 0.25) is 0 Å². The van der Waals surface area contributed by atoms with E-state index in [4.69, 9.17) is 4.74 Å². The van der Waals surface area contributed by atoms with Crippen LogP contribution in [0.5, 0.6) is 0 Å². The van der Waals surface area contributed by atoms with Gasteiger partial charge in [0.2, 0.25) is 0 Å². The summed E-state index contributed by atoms with van der Waals surface area (Å²) >= 11 is 1.39. The van der Waals surface area contributed by atoms with Gasteiger partial charge in [-0.3, -0.25) is 4.79 Å². The van der Waals surface area contributed by atoms with Crippen LogP contribution in [-0.2, 0) is 9.53 Å². The van der Waals surface area contributed by atoms with Crippen molar-refractivity contribution in [1.29, 1.82) is 0 Å². The van der Waals surface area contributed by atoms with Crippen LogP contribution in [0.3, 0.4) is 0 Å². The van der Waals surface area contributed by atoms with Crippen LogP contribution in [0.1, 0.15) is 28.9 Å². The number of carbonyl (C=O) groups excluding carboxylic acids is 2. The van der Waals surface area contributed by atoms with Gasteiger partial charge in [-0.15, -0.1) is 11.3 Å². The number of carbonyl (C=O) groups is 2. The van der Waals surface area contributed by atoms with Crippen molar-refractivity contribution < 1.29 is 23.1 Å². The second-order valence-electron chi connectivity index (χ2n) is 5.57. The summed E-state index contributed by atoms with van der Waals surface area (Å²) in [5, 5.41) is 2.50. The quantitative estimate of drug-likeness (QED) is 0.691. The molecule has 1 aromatic heterocycles. The Kier molecular flexibility index (Phi) is 5.22. The van der Waals surface area contributed by atoms with Gasteiger partial charge in [-0.25, -0.2) is 18.6 Å². The SMILES string of the molecule is C[C@@H](NC(=O)COC(=O)c1ccc2ncsc2c1)c1ccc(F)cc1F. The van der Waals surface area contributed by atoms with Crippen molar-refractivity contribution in [3.8, 4) is 0 Å². The van der Waals surface area contributed by atoms with Crippen molar-refractivity contribution in [1.82, 2.24) is 10.3 Å². The summed E-state index contributed by atoms with van der Waals surface area (Å²) in [6.07, 6.45) is 0. The van der Waals surface area contributed by atoms with Crippen molar-refractivity contribution in [2.75, 3.05) is 6.61 Å². The van der Waals surface area contributed by atoms with Gasteiger partial charge in [0.05, 0.1) is 27.3 Å². The van der Waals surface area contributed by atoms with Crippen molar-refractivity contribution in [3.05, 3.63) is 64.7 Å². The van der Waals surface area contributed by atoms with E-state index < -0.39 is 36.2 Å². The zero-order valence-corrected chi connectivity index (χ0v) is 14.5. The molecule has 0 spiro atoms. The summed E-state index contributed by atoms with van der Waals surface area (Å²) in [6.45, 7) is 1.04. The minimum absolute atomic E-state index is 0.140. The van der Waals surface area contributed by atoms with Crippen LogP contribution in [0.4, 0.5) is 8.78 Å². The summed E-state index contributed by atoms with van der Waals surface area (Å²) in [5.74, 6) is -2.69. The van der Waals surface area contributed by atoms with E-state index in [0.717, 1.165) is 22.3 Å². The van der Waals surface area contributed by atoms with E-state index in [9.17, 15) is 18.4 Å². The highest BCUT2D eigenvalue weighted by Gasteiger charge is 2.16. The van der Waals surface area contributed by atoms with Gasteiger partial charge in [-0.2, -0.15) is 0 Å². The van der Waals surface area contributed by atoms with Crippen LogP contribution >= 0.6 is 11.3 Å². The molecule has 0 fully saturated rings. The first-order valence-electron chi connectivity index (χ1n) is 7.68. The molecule has 0 bridgehead atoms. The van der Waals surface area contributed by atoms with E-state index in [1.165, 1.54) is 17.4 Å². The molecule has 1 amide bonds. The van der Waals surface area contributed by atoms with Gasteiger partial charge in [-0.05, 0) is 31.2 Å². The normalized spacial score (nSPS) is 12.0. The first-order valence-corrected chi connectivity index (χ1v) is 8.56. The molecule has 8 heteroatoms. The lowest BCUT2D eigenvalue weighted by Gasteiger charge is -2.15. The van der Waals surface area contributed by atoms with Gasteiger partial charge in [0.25, 0.3) is 5.91 Å². The summed E-state index contributed by atoms with van der Waals surface area (Å²) in [6, 6.07) is 7.32. The number of ether oxygens (including phenoxy) is 1. The number of halogens is 2.